The summed E-state index contributed by atoms with van der Waals surface area (Å²) in [6.45, 7) is 2.06. The van der Waals surface area contributed by atoms with E-state index in [9.17, 15) is 4.79 Å². The van der Waals surface area contributed by atoms with E-state index >= 15 is 0 Å². The van der Waals surface area contributed by atoms with Crippen LogP contribution >= 0.6 is 11.3 Å². The van der Waals surface area contributed by atoms with Crippen molar-refractivity contribution in [3.05, 3.63) is 95.6 Å². The number of nitrogen functional groups attached to an aromatic ring is 1. The third-order valence-electron chi connectivity index (χ3n) is 5.26. The fourth-order valence-electron chi connectivity index (χ4n) is 3.63. The minimum Gasteiger partial charge on any atom is -0.397 e. The van der Waals surface area contributed by atoms with E-state index in [-0.39, 0.29) is 5.91 Å². The van der Waals surface area contributed by atoms with Crippen LogP contribution in [0.1, 0.15) is 15.2 Å². The number of anilines is 2. The van der Waals surface area contributed by atoms with Crippen LogP contribution in [0.3, 0.4) is 0 Å². The number of fused-ring (bicyclic) bond motifs is 1. The molecule has 0 radical (unpaired) electrons. The van der Waals surface area contributed by atoms with Crippen molar-refractivity contribution in [2.24, 2.45) is 0 Å². The van der Waals surface area contributed by atoms with Gasteiger partial charge in [-0.1, -0.05) is 60.2 Å². The fourth-order valence-corrected chi connectivity index (χ4v) is 4.65. The number of carbonyl (C=O) groups excluding carboxylic acids is 1. The van der Waals surface area contributed by atoms with Crippen LogP contribution in [0.5, 0.6) is 0 Å². The number of thiophene rings is 1. The first-order chi connectivity index (χ1) is 15.6. The molecule has 3 aromatic heterocycles. The summed E-state index contributed by atoms with van der Waals surface area (Å²) in [7, 11) is 0. The Morgan fingerprint density at radius 1 is 0.969 bits per heavy atom. The van der Waals surface area contributed by atoms with Gasteiger partial charge in [-0.3, -0.25) is 9.78 Å². The summed E-state index contributed by atoms with van der Waals surface area (Å²) in [4.78, 5) is 23.1. The monoisotopic (exact) mass is 436 g/mol. The summed E-state index contributed by atoms with van der Waals surface area (Å²) < 4.78 is 0. The molecule has 0 fully saturated rings. The lowest BCUT2D eigenvalue weighted by Crippen LogP contribution is -2.12. The maximum atomic E-state index is 13.0. The average molecular weight is 437 g/mol. The normalized spacial score (nSPS) is 10.9. The Hall–Kier alpha value is -4.03. The van der Waals surface area contributed by atoms with Gasteiger partial charge in [0.1, 0.15) is 9.71 Å². The predicted molar refractivity (Wildman–Crippen MR) is 132 cm³/mol. The highest BCUT2D eigenvalue weighted by atomic mass is 32.1. The Morgan fingerprint density at radius 3 is 2.47 bits per heavy atom. The highest BCUT2D eigenvalue weighted by Gasteiger charge is 2.21. The van der Waals surface area contributed by atoms with Gasteiger partial charge in [-0.05, 0) is 36.2 Å². The van der Waals surface area contributed by atoms with Crippen LogP contribution in [0, 0.1) is 6.92 Å². The van der Waals surface area contributed by atoms with Gasteiger partial charge in [-0.25, -0.2) is 4.98 Å². The quantitative estimate of drug-likeness (QED) is 0.353. The molecular weight excluding hydrogens is 416 g/mol. The zero-order chi connectivity index (χ0) is 22.1. The largest absolute Gasteiger partial charge is 0.397 e. The number of amides is 1. The van der Waals surface area contributed by atoms with E-state index in [0.29, 0.717) is 16.3 Å². The molecule has 0 aliphatic carbocycles. The molecule has 0 aliphatic heterocycles. The van der Waals surface area contributed by atoms with Crippen LogP contribution in [0.15, 0.2) is 85.2 Å². The van der Waals surface area contributed by atoms with E-state index in [1.54, 1.807) is 24.5 Å². The third kappa shape index (κ3) is 3.72. The highest BCUT2D eigenvalue weighted by molar-refractivity contribution is 7.21. The summed E-state index contributed by atoms with van der Waals surface area (Å²) in [6.07, 6.45) is 3.26. The van der Waals surface area contributed by atoms with E-state index in [1.807, 2.05) is 36.4 Å². The molecule has 5 nitrogen and oxygen atoms in total. The van der Waals surface area contributed by atoms with Crippen molar-refractivity contribution in [1.82, 2.24) is 9.97 Å². The van der Waals surface area contributed by atoms with Crippen LogP contribution in [-0.2, 0) is 0 Å². The average Bonchev–Trinajstić information content (AvgIpc) is 3.17. The van der Waals surface area contributed by atoms with E-state index in [4.69, 9.17) is 10.7 Å². The van der Waals surface area contributed by atoms with Crippen LogP contribution in [-0.4, -0.2) is 15.9 Å². The van der Waals surface area contributed by atoms with Gasteiger partial charge in [0, 0.05) is 17.1 Å². The second kappa shape index (κ2) is 8.24. The molecule has 0 saturated heterocycles. The van der Waals surface area contributed by atoms with Crippen molar-refractivity contribution in [1.29, 1.82) is 0 Å². The SMILES string of the molecule is Cc1ccc(-c2cc(-c3ccccc3)nc3sc(C(=O)Nc4cccnc4)c(N)c23)cc1. The first kappa shape index (κ1) is 19.9. The molecule has 0 atom stereocenters. The summed E-state index contributed by atoms with van der Waals surface area (Å²) in [6, 6.07) is 23.9. The molecule has 2 aromatic carbocycles. The van der Waals surface area contributed by atoms with Crippen molar-refractivity contribution >= 4 is 38.8 Å². The number of pyridine rings is 2. The Labute approximate surface area is 189 Å². The topological polar surface area (TPSA) is 80.9 Å². The number of nitrogens with two attached hydrogens (primary N) is 1. The van der Waals surface area contributed by atoms with Crippen molar-refractivity contribution in [2.75, 3.05) is 11.1 Å². The first-order valence-electron chi connectivity index (χ1n) is 10.2. The van der Waals surface area contributed by atoms with E-state index < -0.39 is 0 Å². The van der Waals surface area contributed by atoms with Crippen LogP contribution in [0.4, 0.5) is 11.4 Å². The Balaban J connectivity index is 1.69. The highest BCUT2D eigenvalue weighted by Crippen LogP contribution is 2.41. The van der Waals surface area contributed by atoms with Gasteiger partial charge < -0.3 is 11.1 Å². The van der Waals surface area contributed by atoms with Crippen molar-refractivity contribution in [2.45, 2.75) is 6.92 Å². The molecule has 0 saturated carbocycles. The molecule has 3 heterocycles. The number of carbonyl (C=O) groups is 1. The molecule has 1 amide bonds. The van der Waals surface area contributed by atoms with Crippen LogP contribution in [0.25, 0.3) is 32.6 Å². The van der Waals surface area contributed by atoms with Gasteiger partial charge in [-0.15, -0.1) is 11.3 Å². The maximum absolute atomic E-state index is 13.0. The number of hydrogen-bond acceptors (Lipinski definition) is 5. The lowest BCUT2D eigenvalue weighted by atomic mass is 9.99. The standard InChI is InChI=1S/C26H20N4OS/c1-16-9-11-17(12-10-16)20-14-21(18-6-3-2-4-7-18)30-26-22(20)23(27)24(32-26)25(31)29-19-8-5-13-28-15-19/h2-15H,27H2,1H3,(H,29,31). The number of nitrogens with one attached hydrogen (secondary N) is 1. The summed E-state index contributed by atoms with van der Waals surface area (Å²) >= 11 is 1.30. The molecule has 32 heavy (non-hydrogen) atoms. The molecule has 156 valence electrons. The summed E-state index contributed by atoms with van der Waals surface area (Å²) in [5, 5.41) is 3.68. The molecule has 3 N–H and O–H groups in total. The number of aromatic nitrogens is 2. The fraction of sp³-hybridized carbons (Fsp3) is 0.0385. The summed E-state index contributed by atoms with van der Waals surface area (Å²) in [5.74, 6) is -0.269. The third-order valence-corrected chi connectivity index (χ3v) is 6.35. The van der Waals surface area contributed by atoms with E-state index in [1.165, 1.54) is 16.9 Å². The van der Waals surface area contributed by atoms with Gasteiger partial charge in [0.05, 0.1) is 23.3 Å². The van der Waals surface area contributed by atoms with Crippen LogP contribution < -0.4 is 11.1 Å². The molecular formula is C26H20N4OS. The molecule has 5 aromatic rings. The molecule has 0 bridgehead atoms. The zero-order valence-electron chi connectivity index (χ0n) is 17.4. The minimum absolute atomic E-state index is 0.269. The van der Waals surface area contributed by atoms with Gasteiger partial charge in [0.15, 0.2) is 0 Å². The van der Waals surface area contributed by atoms with Gasteiger partial charge >= 0.3 is 0 Å². The lowest BCUT2D eigenvalue weighted by Gasteiger charge is -2.09. The molecule has 6 heteroatoms. The van der Waals surface area contributed by atoms with Crippen molar-refractivity contribution in [3.63, 3.8) is 0 Å². The van der Waals surface area contributed by atoms with Crippen LogP contribution in [0.2, 0.25) is 0 Å². The number of hydrogen-bond donors (Lipinski definition) is 2. The van der Waals surface area contributed by atoms with Crippen molar-refractivity contribution < 1.29 is 4.79 Å². The minimum atomic E-state index is -0.269. The maximum Gasteiger partial charge on any atom is 0.267 e. The van der Waals surface area contributed by atoms with Gasteiger partial charge in [0.25, 0.3) is 5.91 Å². The number of aryl methyl sites for hydroxylation is 1. The zero-order valence-corrected chi connectivity index (χ0v) is 18.2. The molecule has 0 unspecified atom stereocenters. The Bertz CT molecular complexity index is 1410. The van der Waals surface area contributed by atoms with E-state index in [2.05, 4.69) is 41.5 Å². The first-order valence-corrected chi connectivity index (χ1v) is 11.0. The second-order valence-electron chi connectivity index (χ2n) is 7.51. The summed E-state index contributed by atoms with van der Waals surface area (Å²) in [5.41, 5.74) is 12.6. The van der Waals surface area contributed by atoms with Gasteiger partial charge in [0.2, 0.25) is 0 Å². The molecule has 0 spiro atoms. The number of nitrogens with zero attached hydrogens (tertiary/aromatic N) is 2. The number of rotatable bonds is 4. The van der Waals surface area contributed by atoms with Gasteiger partial charge in [-0.2, -0.15) is 0 Å². The lowest BCUT2D eigenvalue weighted by molar-refractivity contribution is 0.103. The van der Waals surface area contributed by atoms with E-state index in [0.717, 1.165) is 32.6 Å². The smallest absolute Gasteiger partial charge is 0.267 e. The van der Waals surface area contributed by atoms with Crippen molar-refractivity contribution in [3.8, 4) is 22.4 Å². The predicted octanol–water partition coefficient (Wildman–Crippen LogP) is 6.17. The molecule has 0 aliphatic rings. The molecule has 5 rings (SSSR count). The Kier molecular flexibility index (Phi) is 5.13. The number of benzene rings is 2. The second-order valence-corrected chi connectivity index (χ2v) is 8.51. The Morgan fingerprint density at radius 2 is 1.75 bits per heavy atom.